The molecular weight excluding hydrogens is 839 g/mol. The van der Waals surface area contributed by atoms with Gasteiger partial charge in [0.05, 0.1) is 62.3 Å². The molecule has 0 amide bonds. The topological polar surface area (TPSA) is 42.9 Å². The van der Waals surface area contributed by atoms with E-state index in [2.05, 4.69) is 220 Å². The van der Waals surface area contributed by atoms with Crippen molar-refractivity contribution in [2.45, 2.75) is 13.8 Å². The fourth-order valence-corrected chi connectivity index (χ4v) is 11.0. The predicted octanol–water partition coefficient (Wildman–Crippen LogP) is 17.0. The van der Waals surface area contributed by atoms with Crippen LogP contribution >= 0.6 is 0 Å². The van der Waals surface area contributed by atoms with Crippen LogP contribution < -0.4 is 0 Å². The van der Waals surface area contributed by atoms with Gasteiger partial charge in [0, 0.05) is 37.9 Å². The van der Waals surface area contributed by atoms with Crippen LogP contribution in [0.3, 0.4) is 0 Å². The Bertz CT molecular complexity index is 4070. The molecule has 0 saturated carbocycles. The lowest BCUT2D eigenvalue weighted by atomic mass is 9.93. The largest absolute Gasteiger partial charge is 0.318 e. The van der Waals surface area contributed by atoms with Gasteiger partial charge in [-0.25, -0.2) is 4.85 Å². The Morgan fingerprint density at radius 3 is 1.20 bits per heavy atom. The molecule has 322 valence electrons. The average molecular weight is 880 g/mol. The molecule has 0 aliphatic carbocycles. The number of fused-ring (bicyclic) bond motifs is 9. The van der Waals surface area contributed by atoms with E-state index >= 15 is 0 Å². The van der Waals surface area contributed by atoms with Gasteiger partial charge in [0.15, 0.2) is 0 Å². The van der Waals surface area contributed by atoms with E-state index in [4.69, 9.17) is 0 Å². The van der Waals surface area contributed by atoms with Crippen LogP contribution in [0.15, 0.2) is 212 Å². The first-order chi connectivity index (χ1) is 34.0. The highest BCUT2D eigenvalue weighted by atomic mass is 15.1. The standard InChI is InChI=1S/C64H41N5/c1-40-27-31-56-49(35-40)51-37-45(42-17-7-4-8-18-42)29-33-58(51)67(56)62-53(39-65)63(68-54-25-15-13-23-47(54)48-24-14-16-26-55(48)68)61(66-3)64(60(62)44-21-11-6-12-22-44)69-57-32-28-41(2)36-50(57)52-38-46(30-34-59(52)69)43-19-9-5-10-20-43/h4-38H,1-2H3. The second-order valence-electron chi connectivity index (χ2n) is 18.0. The molecule has 0 radical (unpaired) electrons. The van der Waals surface area contributed by atoms with Gasteiger partial charge in [-0.15, -0.1) is 0 Å². The summed E-state index contributed by atoms with van der Waals surface area (Å²) in [6, 6.07) is 77.5. The van der Waals surface area contributed by atoms with Crippen LogP contribution in [0.25, 0.3) is 121 Å². The molecule has 0 N–H and O–H groups in total. The lowest BCUT2D eigenvalue weighted by molar-refractivity contribution is 1.09. The van der Waals surface area contributed by atoms with Crippen molar-refractivity contribution in [1.29, 1.82) is 5.26 Å². The predicted molar refractivity (Wildman–Crippen MR) is 286 cm³/mol. The highest BCUT2D eigenvalue weighted by molar-refractivity contribution is 6.16. The summed E-state index contributed by atoms with van der Waals surface area (Å²) >= 11 is 0. The van der Waals surface area contributed by atoms with Crippen LogP contribution in [-0.2, 0) is 0 Å². The molecule has 0 spiro atoms. The van der Waals surface area contributed by atoms with Crippen molar-refractivity contribution in [1.82, 2.24) is 13.7 Å². The van der Waals surface area contributed by atoms with Gasteiger partial charge in [0.2, 0.25) is 5.69 Å². The Kier molecular flexibility index (Phi) is 9.02. The molecule has 10 aromatic carbocycles. The lowest BCUT2D eigenvalue weighted by Crippen LogP contribution is -2.11. The van der Waals surface area contributed by atoms with Gasteiger partial charge in [-0.2, -0.15) is 5.26 Å². The average Bonchev–Trinajstić information content (AvgIpc) is 4.02. The first-order valence-corrected chi connectivity index (χ1v) is 23.3. The fraction of sp³-hybridized carbons (Fsp3) is 0.0312. The molecule has 13 aromatic rings. The summed E-state index contributed by atoms with van der Waals surface area (Å²) in [4.78, 5) is 4.64. The van der Waals surface area contributed by atoms with E-state index in [-0.39, 0.29) is 0 Å². The van der Waals surface area contributed by atoms with Gasteiger partial charge >= 0.3 is 0 Å². The Morgan fingerprint density at radius 1 is 0.362 bits per heavy atom. The van der Waals surface area contributed by atoms with E-state index in [0.717, 1.165) is 110 Å². The van der Waals surface area contributed by atoms with Gasteiger partial charge in [0.25, 0.3) is 0 Å². The summed E-state index contributed by atoms with van der Waals surface area (Å²) in [7, 11) is 0. The number of para-hydroxylation sites is 2. The molecule has 13 rings (SSSR count). The van der Waals surface area contributed by atoms with Gasteiger partial charge in [-0.05, 0) is 102 Å². The molecule has 0 fully saturated rings. The molecular formula is C64H41N5. The maximum Gasteiger partial charge on any atom is 0.236 e. The second-order valence-corrected chi connectivity index (χ2v) is 18.0. The van der Waals surface area contributed by atoms with E-state index in [1.54, 1.807) is 0 Å². The number of aromatic nitrogens is 3. The SMILES string of the molecule is [C-]#[N+]c1c(-n2c3ccccc3c3ccccc32)c(C#N)c(-n2c3ccc(C)cc3c3cc(-c4ccccc4)ccc32)c(-c2ccccc2)c1-n1c2ccc(C)cc2c2cc(-c3ccccc3)ccc21. The molecule has 5 heteroatoms. The Labute approximate surface area is 399 Å². The molecule has 0 saturated heterocycles. The van der Waals surface area contributed by atoms with E-state index in [0.29, 0.717) is 28.3 Å². The normalized spacial score (nSPS) is 11.6. The van der Waals surface area contributed by atoms with Gasteiger partial charge in [0.1, 0.15) is 6.07 Å². The van der Waals surface area contributed by atoms with Crippen LogP contribution in [0, 0.1) is 31.8 Å². The van der Waals surface area contributed by atoms with Gasteiger partial charge in [-0.3, -0.25) is 0 Å². The summed E-state index contributed by atoms with van der Waals surface area (Å²) in [5, 5.41) is 18.6. The first kappa shape index (κ1) is 39.9. The zero-order valence-electron chi connectivity index (χ0n) is 37.9. The van der Waals surface area contributed by atoms with E-state index in [1.807, 2.05) is 30.3 Å². The molecule has 5 nitrogen and oxygen atoms in total. The lowest BCUT2D eigenvalue weighted by Gasteiger charge is -2.26. The molecule has 0 unspecified atom stereocenters. The minimum absolute atomic E-state index is 0.384. The van der Waals surface area contributed by atoms with Gasteiger partial charge in [-0.1, -0.05) is 163 Å². The van der Waals surface area contributed by atoms with Crippen LogP contribution in [-0.4, -0.2) is 13.7 Å². The van der Waals surface area contributed by atoms with Crippen molar-refractivity contribution in [2.24, 2.45) is 0 Å². The van der Waals surface area contributed by atoms with E-state index in [1.165, 1.54) is 0 Å². The number of benzene rings is 10. The minimum Gasteiger partial charge on any atom is -0.318 e. The van der Waals surface area contributed by atoms with E-state index < -0.39 is 0 Å². The second kappa shape index (κ2) is 15.6. The van der Waals surface area contributed by atoms with E-state index in [9.17, 15) is 11.8 Å². The van der Waals surface area contributed by atoms with Crippen molar-refractivity contribution in [2.75, 3.05) is 0 Å². The molecule has 0 aliphatic heterocycles. The van der Waals surface area contributed by atoms with Gasteiger partial charge < -0.3 is 13.7 Å². The summed E-state index contributed by atoms with van der Waals surface area (Å²) < 4.78 is 6.79. The number of aryl methyl sites for hydroxylation is 2. The summed E-state index contributed by atoms with van der Waals surface area (Å²) in [6.07, 6.45) is 0. The van der Waals surface area contributed by atoms with Crippen LogP contribution in [0.1, 0.15) is 16.7 Å². The zero-order chi connectivity index (χ0) is 46.3. The monoisotopic (exact) mass is 879 g/mol. The molecule has 69 heavy (non-hydrogen) atoms. The number of nitrogens with zero attached hydrogens (tertiary/aromatic N) is 5. The third kappa shape index (κ3) is 6.01. The Morgan fingerprint density at radius 2 is 0.739 bits per heavy atom. The number of nitriles is 1. The third-order valence-electron chi connectivity index (χ3n) is 14.0. The molecule has 3 aromatic heterocycles. The number of rotatable bonds is 6. The first-order valence-electron chi connectivity index (χ1n) is 23.3. The zero-order valence-corrected chi connectivity index (χ0v) is 37.9. The van der Waals surface area contributed by atoms with Crippen LogP contribution in [0.2, 0.25) is 0 Å². The van der Waals surface area contributed by atoms with Crippen molar-refractivity contribution in [3.8, 4) is 56.5 Å². The maximum atomic E-state index is 12.2. The molecule has 0 atom stereocenters. The van der Waals surface area contributed by atoms with Crippen LogP contribution in [0.4, 0.5) is 5.69 Å². The summed E-state index contributed by atoms with van der Waals surface area (Å²) in [6.45, 7) is 13.8. The Balaban J connectivity index is 1.29. The number of hydrogen-bond donors (Lipinski definition) is 0. The fourth-order valence-electron chi connectivity index (χ4n) is 11.0. The quantitative estimate of drug-likeness (QED) is 0.153. The number of hydrogen-bond acceptors (Lipinski definition) is 1. The Hall–Kier alpha value is -9.42. The third-order valence-corrected chi connectivity index (χ3v) is 14.0. The van der Waals surface area contributed by atoms with Crippen molar-refractivity contribution in [3.63, 3.8) is 0 Å². The molecule has 0 bridgehead atoms. The smallest absolute Gasteiger partial charge is 0.236 e. The van der Waals surface area contributed by atoms with Crippen LogP contribution in [0.5, 0.6) is 0 Å². The van der Waals surface area contributed by atoms with Crippen molar-refractivity contribution >= 4 is 71.1 Å². The molecule has 0 aliphatic rings. The van der Waals surface area contributed by atoms with Crippen molar-refractivity contribution < 1.29 is 0 Å². The van der Waals surface area contributed by atoms with Crippen molar-refractivity contribution in [3.05, 3.63) is 240 Å². The highest BCUT2D eigenvalue weighted by Crippen LogP contribution is 2.52. The summed E-state index contributed by atoms with van der Waals surface area (Å²) in [5.74, 6) is 0. The molecule has 3 heterocycles. The summed E-state index contributed by atoms with van der Waals surface area (Å²) in [5.41, 5.74) is 16.9. The minimum atomic E-state index is 0.384. The maximum absolute atomic E-state index is 12.2. The highest BCUT2D eigenvalue weighted by Gasteiger charge is 2.33.